The fourth-order valence-electron chi connectivity index (χ4n) is 0.408. The molecule has 3 nitrogen and oxygen atoms in total. The van der Waals surface area contributed by atoms with Crippen molar-refractivity contribution in [3.63, 3.8) is 0 Å². The summed E-state index contributed by atoms with van der Waals surface area (Å²) >= 11 is 3.86. The number of carbonyl (C=O) groups is 1. The zero-order valence-corrected chi connectivity index (χ0v) is 9.52. The molecule has 0 aliphatic heterocycles. The second-order valence-electron chi connectivity index (χ2n) is 1.72. The van der Waals surface area contributed by atoms with E-state index in [4.69, 9.17) is 10.2 Å². The van der Waals surface area contributed by atoms with Gasteiger partial charge in [0.1, 0.15) is 0 Å². The normalized spacial score (nSPS) is 11.8. The molecular formula is C5H10O3SZn. The van der Waals surface area contributed by atoms with E-state index in [2.05, 4.69) is 12.6 Å². The van der Waals surface area contributed by atoms with E-state index in [1.165, 1.54) is 0 Å². The van der Waals surface area contributed by atoms with Crippen LogP contribution in [0.4, 0.5) is 0 Å². The quantitative estimate of drug-likeness (QED) is 0.462. The van der Waals surface area contributed by atoms with Gasteiger partial charge in [-0.05, 0) is 18.6 Å². The number of thiol groups is 1. The first-order valence-electron chi connectivity index (χ1n) is 2.70. The molecule has 0 bridgehead atoms. The number of hydrogen-bond acceptors (Lipinski definition) is 3. The maximum Gasteiger partial charge on any atom is 0.332 e. The molecule has 0 aliphatic carbocycles. The molecule has 10 heavy (non-hydrogen) atoms. The van der Waals surface area contributed by atoms with Crippen LogP contribution in [-0.4, -0.2) is 28.0 Å². The molecule has 0 aromatic rings. The van der Waals surface area contributed by atoms with Gasteiger partial charge >= 0.3 is 5.97 Å². The van der Waals surface area contributed by atoms with Gasteiger partial charge in [-0.1, -0.05) is 0 Å². The monoisotopic (exact) mass is 214 g/mol. The summed E-state index contributed by atoms with van der Waals surface area (Å²) in [6, 6.07) is 0. The third kappa shape index (κ3) is 6.52. The maximum absolute atomic E-state index is 9.93. The predicted molar refractivity (Wildman–Crippen MR) is 36.7 cm³/mol. The van der Waals surface area contributed by atoms with Gasteiger partial charge in [-0.2, -0.15) is 12.6 Å². The van der Waals surface area contributed by atoms with Crippen molar-refractivity contribution in [1.29, 1.82) is 0 Å². The number of aliphatic carboxylic acids is 1. The van der Waals surface area contributed by atoms with Crippen molar-refractivity contribution in [1.82, 2.24) is 0 Å². The topological polar surface area (TPSA) is 57.5 Å². The summed E-state index contributed by atoms with van der Waals surface area (Å²) in [5.74, 6) is -0.540. The number of hydrogen-bond donors (Lipinski definition) is 3. The summed E-state index contributed by atoms with van der Waals surface area (Å²) in [6.45, 7) is 0. The van der Waals surface area contributed by atoms with Gasteiger partial charge < -0.3 is 10.2 Å². The molecule has 0 aromatic carbocycles. The molecule has 1 unspecified atom stereocenters. The van der Waals surface area contributed by atoms with E-state index >= 15 is 0 Å². The summed E-state index contributed by atoms with van der Waals surface area (Å²) < 4.78 is 0. The van der Waals surface area contributed by atoms with Gasteiger partial charge in [-0.3, -0.25) is 0 Å². The van der Waals surface area contributed by atoms with E-state index in [-0.39, 0.29) is 19.5 Å². The first-order chi connectivity index (χ1) is 4.18. The van der Waals surface area contributed by atoms with Gasteiger partial charge in [0.25, 0.3) is 0 Å². The summed E-state index contributed by atoms with van der Waals surface area (Å²) in [5.41, 5.74) is 0. The summed E-state index contributed by atoms with van der Waals surface area (Å²) in [6.07, 6.45) is -0.285. The minimum atomic E-state index is -1.21. The minimum Gasteiger partial charge on any atom is -0.479 e. The summed E-state index contributed by atoms with van der Waals surface area (Å²) in [4.78, 5) is 9.93. The van der Waals surface area contributed by atoms with Crippen LogP contribution >= 0.6 is 12.6 Å². The molecule has 0 amide bonds. The molecule has 5 heteroatoms. The zero-order valence-electron chi connectivity index (χ0n) is 5.66. The van der Waals surface area contributed by atoms with Crippen molar-refractivity contribution < 1.29 is 34.5 Å². The van der Waals surface area contributed by atoms with Crippen LogP contribution in [0.3, 0.4) is 0 Å². The third-order valence-corrected chi connectivity index (χ3v) is 1.24. The summed E-state index contributed by atoms with van der Waals surface area (Å²) in [7, 11) is 0. The molecule has 0 heterocycles. The van der Waals surface area contributed by atoms with E-state index in [0.29, 0.717) is 18.6 Å². The van der Waals surface area contributed by atoms with Gasteiger partial charge in [-0.25, -0.2) is 4.79 Å². The van der Waals surface area contributed by atoms with Crippen LogP contribution in [0.2, 0.25) is 0 Å². The number of aliphatic hydroxyl groups is 1. The number of aliphatic hydroxyl groups excluding tert-OH is 1. The molecule has 1 atom stereocenters. The molecule has 0 aliphatic rings. The van der Waals surface area contributed by atoms with Crippen molar-refractivity contribution in [2.75, 3.05) is 5.75 Å². The van der Waals surface area contributed by atoms with Gasteiger partial charge in [0.05, 0.1) is 0 Å². The molecule has 0 saturated heterocycles. The second kappa shape index (κ2) is 7.51. The fraction of sp³-hybridized carbons (Fsp3) is 0.800. The van der Waals surface area contributed by atoms with E-state index in [1.807, 2.05) is 0 Å². The molecule has 0 radical (unpaired) electrons. The minimum absolute atomic E-state index is 0. The van der Waals surface area contributed by atoms with Crippen LogP contribution < -0.4 is 0 Å². The standard InChI is InChI=1S/C5H10O3S.Zn/c6-4(5(7)8)2-1-3-9;/h4,6,9H,1-3H2,(H,7,8);. The SMILES string of the molecule is O=C(O)C(O)CCCS.[Zn]. The first-order valence-corrected chi connectivity index (χ1v) is 3.33. The smallest absolute Gasteiger partial charge is 0.332 e. The average Bonchev–Trinajstić information content (AvgIpc) is 1.82. The van der Waals surface area contributed by atoms with Crippen LogP contribution in [0.25, 0.3) is 0 Å². The molecule has 56 valence electrons. The second-order valence-corrected chi connectivity index (χ2v) is 2.17. The van der Waals surface area contributed by atoms with Crippen molar-refractivity contribution >= 4 is 18.6 Å². The van der Waals surface area contributed by atoms with Crippen molar-refractivity contribution in [3.05, 3.63) is 0 Å². The molecule has 0 saturated carbocycles. The van der Waals surface area contributed by atoms with Crippen molar-refractivity contribution in [2.45, 2.75) is 18.9 Å². The number of carboxylic acids is 1. The molecule has 2 N–H and O–H groups in total. The van der Waals surface area contributed by atoms with E-state index in [9.17, 15) is 4.79 Å². The Hall–Kier alpha value is 0.403. The Balaban J connectivity index is 0. The zero-order chi connectivity index (χ0) is 7.28. The van der Waals surface area contributed by atoms with Gasteiger partial charge in [0.15, 0.2) is 6.10 Å². The van der Waals surface area contributed by atoms with Gasteiger partial charge in [0.2, 0.25) is 0 Å². The van der Waals surface area contributed by atoms with Crippen molar-refractivity contribution in [2.24, 2.45) is 0 Å². The Labute approximate surface area is 78.0 Å². The number of rotatable bonds is 4. The molecular weight excluding hydrogens is 206 g/mol. The van der Waals surface area contributed by atoms with Gasteiger partial charge in [-0.15, -0.1) is 0 Å². The van der Waals surface area contributed by atoms with Crippen molar-refractivity contribution in [3.8, 4) is 0 Å². The Bertz CT molecular complexity index is 98.9. The first kappa shape index (κ1) is 13.0. The predicted octanol–water partition coefficient (Wildman–Crippen LogP) is 0.139. The molecule has 0 rings (SSSR count). The van der Waals surface area contributed by atoms with Crippen LogP contribution in [0.1, 0.15) is 12.8 Å². The maximum atomic E-state index is 9.93. The van der Waals surface area contributed by atoms with E-state index in [0.717, 1.165) is 0 Å². The Morgan fingerprint density at radius 2 is 2.10 bits per heavy atom. The van der Waals surface area contributed by atoms with E-state index in [1.54, 1.807) is 0 Å². The fourth-order valence-corrected chi connectivity index (χ4v) is 0.591. The Kier molecular flexibility index (Phi) is 9.78. The largest absolute Gasteiger partial charge is 0.479 e. The van der Waals surface area contributed by atoms with Crippen LogP contribution in [0, 0.1) is 0 Å². The Morgan fingerprint density at radius 3 is 2.40 bits per heavy atom. The molecule has 0 aromatic heterocycles. The third-order valence-electron chi connectivity index (χ3n) is 0.921. The number of carboxylic acid groups (broad SMARTS) is 1. The van der Waals surface area contributed by atoms with Crippen LogP contribution in [0.15, 0.2) is 0 Å². The van der Waals surface area contributed by atoms with Crippen LogP contribution in [0.5, 0.6) is 0 Å². The molecule has 0 spiro atoms. The molecule has 0 fully saturated rings. The summed E-state index contributed by atoms with van der Waals surface area (Å²) in [5, 5.41) is 16.8. The average molecular weight is 216 g/mol. The van der Waals surface area contributed by atoms with Gasteiger partial charge in [0, 0.05) is 19.5 Å². The van der Waals surface area contributed by atoms with E-state index < -0.39 is 12.1 Å². The Morgan fingerprint density at radius 1 is 1.60 bits per heavy atom. The van der Waals surface area contributed by atoms with Crippen LogP contribution in [-0.2, 0) is 24.3 Å².